The lowest BCUT2D eigenvalue weighted by atomic mass is 10.1. The van der Waals surface area contributed by atoms with Gasteiger partial charge in [0.1, 0.15) is 0 Å². The van der Waals surface area contributed by atoms with E-state index in [1.807, 2.05) is 0 Å². The number of hydrogen-bond donors (Lipinski definition) is 2. The Hall–Kier alpha value is -2.92. The van der Waals surface area contributed by atoms with Crippen molar-refractivity contribution < 1.29 is 44.3 Å². The maximum atomic E-state index is 13.5. The zero-order chi connectivity index (χ0) is 22.1. The van der Waals surface area contributed by atoms with Gasteiger partial charge in [0, 0.05) is 11.3 Å². The van der Waals surface area contributed by atoms with E-state index in [4.69, 9.17) is 0 Å². The van der Waals surface area contributed by atoms with Crippen LogP contribution in [-0.2, 0) is 6.18 Å². The van der Waals surface area contributed by atoms with Crippen molar-refractivity contribution in [1.29, 1.82) is 0 Å². The van der Waals surface area contributed by atoms with E-state index in [0.717, 1.165) is 22.8 Å². The smallest absolute Gasteiger partial charge is 0.348 e. The van der Waals surface area contributed by atoms with Gasteiger partial charge in [-0.05, 0) is 36.4 Å². The topological polar surface area (TPSA) is 41.1 Å². The van der Waals surface area contributed by atoms with Crippen LogP contribution in [0.1, 0.15) is 15.9 Å². The van der Waals surface area contributed by atoms with E-state index in [0.29, 0.717) is 24.3 Å². The van der Waals surface area contributed by atoms with Gasteiger partial charge in [-0.1, -0.05) is 18.2 Å². The monoisotopic (exact) mass is 430 g/mol. The predicted molar refractivity (Wildman–Crippen MR) is 83.8 cm³/mol. The maximum Gasteiger partial charge on any atom is 0.439 e. The first-order valence-corrected chi connectivity index (χ1v) is 7.64. The van der Waals surface area contributed by atoms with E-state index in [1.54, 1.807) is 0 Å². The summed E-state index contributed by atoms with van der Waals surface area (Å²) in [5.74, 6) is -1.69. The Balaban J connectivity index is 2.48. The van der Waals surface area contributed by atoms with E-state index in [9.17, 15) is 44.3 Å². The molecule has 0 saturated carbocycles. The van der Waals surface area contributed by atoms with Gasteiger partial charge in [-0.25, -0.2) is 0 Å². The Kier molecular flexibility index (Phi) is 5.77. The molecule has 0 atom stereocenters. The number of carbonyl (C=O) groups excluding carboxylic acids is 1. The van der Waals surface area contributed by atoms with Gasteiger partial charge in [-0.3, -0.25) is 4.79 Å². The lowest BCUT2D eigenvalue weighted by Crippen LogP contribution is -2.72. The summed E-state index contributed by atoms with van der Waals surface area (Å²) in [6.07, 6.45) is -17.0. The van der Waals surface area contributed by atoms with Crippen LogP contribution in [0.4, 0.5) is 45.2 Å². The molecule has 0 aliphatic heterocycles. The molecule has 0 aliphatic rings. The lowest BCUT2D eigenvalue weighted by Gasteiger charge is -2.39. The molecule has 2 rings (SSSR count). The normalized spacial score (nSPS) is 13.1. The van der Waals surface area contributed by atoms with Crippen LogP contribution in [0.5, 0.6) is 0 Å². The number of halogens is 9. The van der Waals surface area contributed by atoms with E-state index in [-0.39, 0.29) is 0 Å². The summed E-state index contributed by atoms with van der Waals surface area (Å²) in [6.45, 7) is 0. The molecule has 0 aliphatic carbocycles. The molecule has 2 aromatic rings. The molecule has 0 aromatic heterocycles. The highest BCUT2D eigenvalue weighted by atomic mass is 19.4. The molecular formula is C17H11F9N2O. The number of benzene rings is 2. The minimum atomic E-state index is -6.10. The summed E-state index contributed by atoms with van der Waals surface area (Å²) in [4.78, 5) is 12.0. The van der Waals surface area contributed by atoms with Gasteiger partial charge in [0.05, 0.1) is 5.56 Å². The lowest BCUT2D eigenvalue weighted by molar-refractivity contribution is -0.294. The van der Waals surface area contributed by atoms with Crippen LogP contribution in [0.3, 0.4) is 0 Å². The number of anilines is 1. The highest BCUT2D eigenvalue weighted by Gasteiger charge is 2.72. The summed E-state index contributed by atoms with van der Waals surface area (Å²) in [5, 5.41) is 2.00. The Morgan fingerprint density at radius 3 is 1.59 bits per heavy atom. The van der Waals surface area contributed by atoms with Gasteiger partial charge in [-0.2, -0.15) is 39.5 Å². The SMILES string of the molecule is O=C(NC(Nc1ccc(C(F)(F)F)cc1)(C(F)(F)F)C(F)(F)F)c1ccccc1. The highest BCUT2D eigenvalue weighted by molar-refractivity contribution is 5.95. The molecule has 2 N–H and O–H groups in total. The molecule has 0 spiro atoms. The van der Waals surface area contributed by atoms with Gasteiger partial charge >= 0.3 is 24.2 Å². The van der Waals surface area contributed by atoms with Crippen molar-refractivity contribution in [3.05, 3.63) is 65.7 Å². The standard InChI is InChI=1S/C17H11F9N2O/c18-14(19,20)11-6-8-12(9-7-11)27-15(16(21,22)23,17(24,25)26)28-13(29)10-4-2-1-3-5-10/h1-9,27H,(H,28,29). The van der Waals surface area contributed by atoms with Crippen molar-refractivity contribution in [3.8, 4) is 0 Å². The molecule has 0 unspecified atom stereocenters. The molecule has 29 heavy (non-hydrogen) atoms. The average molecular weight is 430 g/mol. The number of hydrogen-bond acceptors (Lipinski definition) is 2. The third-order valence-corrected chi connectivity index (χ3v) is 3.73. The molecule has 2 aromatic carbocycles. The Labute approximate surface area is 157 Å². The van der Waals surface area contributed by atoms with Crippen LogP contribution in [0.15, 0.2) is 54.6 Å². The van der Waals surface area contributed by atoms with Gasteiger partial charge in [0.25, 0.3) is 5.91 Å². The van der Waals surface area contributed by atoms with Crippen LogP contribution < -0.4 is 10.6 Å². The van der Waals surface area contributed by atoms with Crippen molar-refractivity contribution in [2.75, 3.05) is 5.32 Å². The molecule has 0 fully saturated rings. The van der Waals surface area contributed by atoms with E-state index < -0.39 is 46.9 Å². The minimum Gasteiger partial charge on any atom is -0.348 e. The molecule has 0 radical (unpaired) electrons. The zero-order valence-electron chi connectivity index (χ0n) is 14.0. The van der Waals surface area contributed by atoms with Crippen LogP contribution in [0.2, 0.25) is 0 Å². The largest absolute Gasteiger partial charge is 0.439 e. The number of amides is 1. The van der Waals surface area contributed by atoms with Gasteiger partial charge < -0.3 is 10.6 Å². The second kappa shape index (κ2) is 7.48. The van der Waals surface area contributed by atoms with Gasteiger partial charge in [-0.15, -0.1) is 0 Å². The first kappa shape index (κ1) is 22.4. The fourth-order valence-electron chi connectivity index (χ4n) is 2.27. The third kappa shape index (κ3) is 4.74. The molecule has 0 bridgehead atoms. The van der Waals surface area contributed by atoms with E-state index >= 15 is 0 Å². The summed E-state index contributed by atoms with van der Waals surface area (Å²) in [5.41, 5.74) is -7.66. The molecular weight excluding hydrogens is 419 g/mol. The Morgan fingerprint density at radius 1 is 0.690 bits per heavy atom. The van der Waals surface area contributed by atoms with Crippen molar-refractivity contribution in [3.63, 3.8) is 0 Å². The summed E-state index contributed by atoms with van der Waals surface area (Å²) in [6, 6.07) is 7.21. The fourth-order valence-corrected chi connectivity index (χ4v) is 2.27. The number of rotatable bonds is 4. The molecule has 0 saturated heterocycles. The second-order valence-electron chi connectivity index (χ2n) is 5.77. The van der Waals surface area contributed by atoms with Crippen molar-refractivity contribution in [2.24, 2.45) is 0 Å². The minimum absolute atomic E-state index is 0.304. The first-order valence-electron chi connectivity index (χ1n) is 7.64. The second-order valence-corrected chi connectivity index (χ2v) is 5.77. The number of alkyl halides is 9. The van der Waals surface area contributed by atoms with Crippen LogP contribution in [-0.4, -0.2) is 23.9 Å². The molecule has 0 heterocycles. The van der Waals surface area contributed by atoms with E-state index in [1.165, 1.54) is 18.2 Å². The first-order chi connectivity index (χ1) is 13.2. The van der Waals surface area contributed by atoms with Crippen molar-refractivity contribution in [2.45, 2.75) is 24.2 Å². The quantitative estimate of drug-likeness (QED) is 0.506. The molecule has 12 heteroatoms. The van der Waals surface area contributed by atoms with Gasteiger partial charge in [0.2, 0.25) is 0 Å². The van der Waals surface area contributed by atoms with Crippen molar-refractivity contribution >= 4 is 11.6 Å². The van der Waals surface area contributed by atoms with Crippen molar-refractivity contribution in [1.82, 2.24) is 5.32 Å². The molecule has 3 nitrogen and oxygen atoms in total. The van der Waals surface area contributed by atoms with Crippen LogP contribution >= 0.6 is 0 Å². The fraction of sp³-hybridized carbons (Fsp3) is 0.235. The zero-order valence-corrected chi connectivity index (χ0v) is 14.0. The Morgan fingerprint density at radius 2 is 1.17 bits per heavy atom. The summed E-state index contributed by atoms with van der Waals surface area (Å²) < 4.78 is 119. The predicted octanol–water partition coefficient (Wildman–Crippen LogP) is 5.37. The third-order valence-electron chi connectivity index (χ3n) is 3.73. The maximum absolute atomic E-state index is 13.5. The molecule has 158 valence electrons. The molecule has 1 amide bonds. The number of nitrogens with one attached hydrogen (secondary N) is 2. The summed E-state index contributed by atoms with van der Waals surface area (Å²) >= 11 is 0. The van der Waals surface area contributed by atoms with Gasteiger partial charge in [0.15, 0.2) is 0 Å². The average Bonchev–Trinajstić information content (AvgIpc) is 2.59. The Bertz CT molecular complexity index is 826. The van der Waals surface area contributed by atoms with Crippen LogP contribution in [0.25, 0.3) is 0 Å². The highest BCUT2D eigenvalue weighted by Crippen LogP contribution is 2.44. The van der Waals surface area contributed by atoms with E-state index in [2.05, 4.69) is 0 Å². The summed E-state index contributed by atoms with van der Waals surface area (Å²) in [7, 11) is 0. The number of carbonyl (C=O) groups is 1. The van der Waals surface area contributed by atoms with Crippen LogP contribution in [0, 0.1) is 0 Å².